The molecule has 3 heterocycles. The molecule has 0 radical (unpaired) electrons. The summed E-state index contributed by atoms with van der Waals surface area (Å²) in [5.74, 6) is -0.0403. The highest BCUT2D eigenvalue weighted by Crippen LogP contribution is 2.20. The van der Waals surface area contributed by atoms with E-state index in [1.807, 2.05) is 24.3 Å². The van der Waals surface area contributed by atoms with Gasteiger partial charge in [-0.15, -0.1) is 0 Å². The van der Waals surface area contributed by atoms with Crippen molar-refractivity contribution >= 4 is 34.4 Å². The Balaban J connectivity index is 1.31. The van der Waals surface area contributed by atoms with Gasteiger partial charge in [-0.25, -0.2) is 4.79 Å². The summed E-state index contributed by atoms with van der Waals surface area (Å²) in [5.41, 5.74) is 1.88. The number of amides is 3. The molecule has 1 aliphatic rings. The Morgan fingerprint density at radius 3 is 2.90 bits per heavy atom. The molecule has 0 bridgehead atoms. The minimum absolute atomic E-state index is 0.0326. The summed E-state index contributed by atoms with van der Waals surface area (Å²) in [6, 6.07) is 7.41. The molecule has 1 fully saturated rings. The van der Waals surface area contributed by atoms with Crippen LogP contribution in [0.2, 0.25) is 5.02 Å². The number of carbonyl (C=O) groups excluding carboxylic acids is 2. The van der Waals surface area contributed by atoms with E-state index in [0.717, 1.165) is 29.4 Å². The van der Waals surface area contributed by atoms with Gasteiger partial charge < -0.3 is 20.1 Å². The summed E-state index contributed by atoms with van der Waals surface area (Å²) >= 11 is 6.03. The Morgan fingerprint density at radius 1 is 1.30 bits per heavy atom. The molecular formula is C20H24ClN7O2. The number of rotatable bonds is 5. The van der Waals surface area contributed by atoms with Crippen molar-refractivity contribution in [3.63, 3.8) is 0 Å². The molecule has 3 amide bonds. The van der Waals surface area contributed by atoms with Gasteiger partial charge in [0, 0.05) is 41.8 Å². The number of H-pyrrole nitrogens is 1. The lowest BCUT2D eigenvalue weighted by Crippen LogP contribution is -2.53. The molecule has 158 valence electrons. The number of fused-ring (bicyclic) bond motifs is 1. The average molecular weight is 430 g/mol. The van der Waals surface area contributed by atoms with Gasteiger partial charge in [-0.2, -0.15) is 15.0 Å². The maximum atomic E-state index is 12.7. The Kier molecular flexibility index (Phi) is 5.89. The Morgan fingerprint density at radius 2 is 2.10 bits per heavy atom. The van der Waals surface area contributed by atoms with E-state index in [2.05, 4.69) is 20.5 Å². The van der Waals surface area contributed by atoms with Crippen LogP contribution in [0.25, 0.3) is 10.9 Å². The lowest BCUT2D eigenvalue weighted by Gasteiger charge is -2.37. The van der Waals surface area contributed by atoms with Crippen LogP contribution in [0.5, 0.6) is 0 Å². The van der Waals surface area contributed by atoms with E-state index in [0.29, 0.717) is 24.7 Å². The summed E-state index contributed by atoms with van der Waals surface area (Å²) in [4.78, 5) is 33.3. The highest BCUT2D eigenvalue weighted by atomic mass is 35.5. The molecule has 1 atom stereocenters. The van der Waals surface area contributed by atoms with Crippen LogP contribution in [0.1, 0.15) is 18.5 Å². The van der Waals surface area contributed by atoms with Gasteiger partial charge >= 0.3 is 6.03 Å². The molecule has 0 spiro atoms. The van der Waals surface area contributed by atoms with E-state index in [9.17, 15) is 9.59 Å². The molecule has 4 rings (SSSR count). The predicted molar refractivity (Wildman–Crippen MR) is 113 cm³/mol. The standard InChI is InChI=1S/C20H24ClN7O2/c1-26(17-3-2-8-27(12-17)19(29)13-28-23-6-7-24-28)20(30)22-11-16-10-14-9-15(21)4-5-18(14)25-16/h4-7,9-10,17,25H,2-3,8,11-13H2,1H3,(H,22,30). The number of urea groups is 1. The number of likely N-dealkylation sites (N-methyl/N-ethyl adjacent to an activating group) is 1. The number of halogens is 1. The third-order valence-corrected chi connectivity index (χ3v) is 5.66. The number of benzene rings is 1. The first kappa shape index (κ1) is 20.2. The van der Waals surface area contributed by atoms with E-state index < -0.39 is 0 Å². The zero-order chi connectivity index (χ0) is 21.1. The first-order valence-electron chi connectivity index (χ1n) is 9.89. The fourth-order valence-corrected chi connectivity index (χ4v) is 3.94. The number of nitrogens with zero attached hydrogens (tertiary/aromatic N) is 5. The molecule has 0 aliphatic carbocycles. The van der Waals surface area contributed by atoms with Crippen molar-refractivity contribution < 1.29 is 9.59 Å². The zero-order valence-corrected chi connectivity index (χ0v) is 17.5. The van der Waals surface area contributed by atoms with Crippen LogP contribution in [-0.2, 0) is 17.9 Å². The van der Waals surface area contributed by atoms with Gasteiger partial charge in [-0.1, -0.05) is 11.6 Å². The highest BCUT2D eigenvalue weighted by molar-refractivity contribution is 6.31. The molecule has 2 N–H and O–H groups in total. The maximum Gasteiger partial charge on any atom is 0.317 e. The van der Waals surface area contributed by atoms with Crippen molar-refractivity contribution in [2.24, 2.45) is 0 Å². The number of likely N-dealkylation sites (tertiary alicyclic amines) is 1. The van der Waals surface area contributed by atoms with Gasteiger partial charge in [0.25, 0.3) is 0 Å². The highest BCUT2D eigenvalue weighted by Gasteiger charge is 2.28. The van der Waals surface area contributed by atoms with Gasteiger partial charge in [-0.05, 0) is 37.1 Å². The van der Waals surface area contributed by atoms with Crippen LogP contribution in [0.15, 0.2) is 36.7 Å². The lowest BCUT2D eigenvalue weighted by atomic mass is 10.0. The number of hydrogen-bond donors (Lipinski definition) is 2. The molecular weight excluding hydrogens is 406 g/mol. The van der Waals surface area contributed by atoms with Gasteiger partial charge in [-0.3, -0.25) is 4.79 Å². The van der Waals surface area contributed by atoms with E-state index in [1.165, 1.54) is 4.80 Å². The summed E-state index contributed by atoms with van der Waals surface area (Å²) in [5, 5.41) is 12.6. The number of carbonyl (C=O) groups is 2. The summed E-state index contributed by atoms with van der Waals surface area (Å²) in [6.07, 6.45) is 4.81. The van der Waals surface area contributed by atoms with E-state index in [4.69, 9.17) is 11.6 Å². The molecule has 3 aromatic rings. The second-order valence-corrected chi connectivity index (χ2v) is 7.93. The van der Waals surface area contributed by atoms with Gasteiger partial charge in [0.1, 0.15) is 6.54 Å². The van der Waals surface area contributed by atoms with Gasteiger partial charge in [0.15, 0.2) is 0 Å². The first-order chi connectivity index (χ1) is 14.5. The number of piperidine rings is 1. The second kappa shape index (κ2) is 8.74. The molecule has 30 heavy (non-hydrogen) atoms. The number of nitrogens with one attached hydrogen (secondary N) is 2. The molecule has 1 saturated heterocycles. The van der Waals surface area contributed by atoms with Crippen molar-refractivity contribution in [3.05, 3.63) is 47.4 Å². The zero-order valence-electron chi connectivity index (χ0n) is 16.7. The molecule has 0 saturated carbocycles. The SMILES string of the molecule is CN(C(=O)NCc1cc2cc(Cl)ccc2[nH]1)C1CCCN(C(=O)Cn2nccn2)C1. The summed E-state index contributed by atoms with van der Waals surface area (Å²) < 4.78 is 0. The van der Waals surface area contributed by atoms with Crippen LogP contribution in [-0.4, -0.2) is 67.9 Å². The van der Waals surface area contributed by atoms with Crippen LogP contribution >= 0.6 is 11.6 Å². The minimum atomic E-state index is -0.167. The van der Waals surface area contributed by atoms with E-state index in [-0.39, 0.29) is 24.5 Å². The van der Waals surface area contributed by atoms with Crippen LogP contribution in [0.3, 0.4) is 0 Å². The summed E-state index contributed by atoms with van der Waals surface area (Å²) in [6.45, 7) is 1.69. The monoisotopic (exact) mass is 429 g/mol. The molecule has 1 unspecified atom stereocenters. The first-order valence-corrected chi connectivity index (χ1v) is 10.3. The van der Waals surface area contributed by atoms with Crippen LogP contribution < -0.4 is 5.32 Å². The number of hydrogen-bond acceptors (Lipinski definition) is 4. The molecule has 1 aliphatic heterocycles. The van der Waals surface area contributed by atoms with Crippen molar-refractivity contribution in [2.45, 2.75) is 32.0 Å². The van der Waals surface area contributed by atoms with Gasteiger partial charge in [0.05, 0.1) is 25.0 Å². The lowest BCUT2D eigenvalue weighted by molar-refractivity contribution is -0.134. The van der Waals surface area contributed by atoms with E-state index >= 15 is 0 Å². The largest absolute Gasteiger partial charge is 0.357 e. The fourth-order valence-electron chi connectivity index (χ4n) is 3.76. The maximum absolute atomic E-state index is 12.7. The Hall–Kier alpha value is -3.07. The molecule has 2 aromatic heterocycles. The molecule has 1 aromatic carbocycles. The van der Waals surface area contributed by atoms with Crippen molar-refractivity contribution in [3.8, 4) is 0 Å². The minimum Gasteiger partial charge on any atom is -0.357 e. The van der Waals surface area contributed by atoms with Crippen molar-refractivity contribution in [1.82, 2.24) is 35.1 Å². The quantitative estimate of drug-likeness (QED) is 0.649. The smallest absolute Gasteiger partial charge is 0.317 e. The van der Waals surface area contributed by atoms with Crippen molar-refractivity contribution in [2.75, 3.05) is 20.1 Å². The Labute approximate surface area is 179 Å². The molecule has 10 heteroatoms. The number of aromatic nitrogens is 4. The number of aromatic amines is 1. The normalized spacial score (nSPS) is 16.6. The Bertz CT molecular complexity index is 1030. The third-order valence-electron chi connectivity index (χ3n) is 5.43. The fraction of sp³-hybridized carbons (Fsp3) is 0.400. The van der Waals surface area contributed by atoms with Gasteiger partial charge in [0.2, 0.25) is 5.91 Å². The second-order valence-electron chi connectivity index (χ2n) is 7.49. The topological polar surface area (TPSA) is 99.2 Å². The van der Waals surface area contributed by atoms with Crippen LogP contribution in [0.4, 0.5) is 4.79 Å². The predicted octanol–water partition coefficient (Wildman–Crippen LogP) is 2.25. The van der Waals surface area contributed by atoms with E-state index in [1.54, 1.807) is 29.2 Å². The average Bonchev–Trinajstić information content (AvgIpc) is 3.40. The van der Waals surface area contributed by atoms with Crippen molar-refractivity contribution in [1.29, 1.82) is 0 Å². The third kappa shape index (κ3) is 4.56. The molecule has 9 nitrogen and oxygen atoms in total. The summed E-state index contributed by atoms with van der Waals surface area (Å²) in [7, 11) is 1.77. The van der Waals surface area contributed by atoms with Crippen LogP contribution in [0, 0.1) is 0 Å².